The van der Waals surface area contributed by atoms with Gasteiger partial charge in [0.1, 0.15) is 12.1 Å². The summed E-state index contributed by atoms with van der Waals surface area (Å²) in [6.45, 7) is 5.63. The van der Waals surface area contributed by atoms with E-state index in [1.807, 2.05) is 13.8 Å². The number of hydrogen-bond donors (Lipinski definition) is 3. The van der Waals surface area contributed by atoms with Crippen LogP contribution in [0.4, 0.5) is 4.79 Å². The van der Waals surface area contributed by atoms with E-state index in [0.717, 1.165) is 0 Å². The second-order valence-corrected chi connectivity index (χ2v) is 5.02. The molecule has 0 spiro atoms. The SMILES string of the molecule is CC(C)NC(=O)C(C)NC(=O)N1CCC[C@H]1C(=O)O. The van der Waals surface area contributed by atoms with Crippen molar-refractivity contribution in [3.63, 3.8) is 0 Å². The lowest BCUT2D eigenvalue weighted by atomic mass is 10.2. The van der Waals surface area contributed by atoms with Crippen molar-refractivity contribution in [2.45, 2.75) is 51.7 Å². The van der Waals surface area contributed by atoms with Crippen LogP contribution in [0.1, 0.15) is 33.6 Å². The van der Waals surface area contributed by atoms with Crippen LogP contribution in [-0.4, -0.2) is 52.6 Å². The Kier molecular flexibility index (Phi) is 5.14. The summed E-state index contributed by atoms with van der Waals surface area (Å²) in [5, 5.41) is 14.2. The highest BCUT2D eigenvalue weighted by Crippen LogP contribution is 2.17. The Morgan fingerprint density at radius 2 is 1.84 bits per heavy atom. The van der Waals surface area contributed by atoms with Crippen LogP contribution < -0.4 is 10.6 Å². The molecule has 0 bridgehead atoms. The maximum Gasteiger partial charge on any atom is 0.326 e. The summed E-state index contributed by atoms with van der Waals surface area (Å²) in [6, 6.07) is -1.99. The Hall–Kier alpha value is -1.79. The van der Waals surface area contributed by atoms with Gasteiger partial charge in [-0.15, -0.1) is 0 Å². The zero-order chi connectivity index (χ0) is 14.6. The van der Waals surface area contributed by atoms with Crippen molar-refractivity contribution in [2.75, 3.05) is 6.54 Å². The van der Waals surface area contributed by atoms with Gasteiger partial charge in [-0.25, -0.2) is 9.59 Å². The normalized spacial score (nSPS) is 20.2. The van der Waals surface area contributed by atoms with Crippen LogP contribution in [0.5, 0.6) is 0 Å². The number of carboxylic acids is 1. The number of nitrogens with one attached hydrogen (secondary N) is 2. The molecular formula is C12H21N3O4. The van der Waals surface area contributed by atoms with Crippen molar-refractivity contribution in [3.05, 3.63) is 0 Å². The van der Waals surface area contributed by atoms with Crippen molar-refractivity contribution in [2.24, 2.45) is 0 Å². The average molecular weight is 271 g/mol. The molecule has 0 aromatic rings. The van der Waals surface area contributed by atoms with Crippen LogP contribution in [0.3, 0.4) is 0 Å². The smallest absolute Gasteiger partial charge is 0.326 e. The van der Waals surface area contributed by atoms with E-state index >= 15 is 0 Å². The van der Waals surface area contributed by atoms with E-state index in [-0.39, 0.29) is 11.9 Å². The van der Waals surface area contributed by atoms with Crippen molar-refractivity contribution >= 4 is 17.9 Å². The lowest BCUT2D eigenvalue weighted by Gasteiger charge is -2.24. The molecule has 1 unspecified atom stereocenters. The number of urea groups is 1. The van der Waals surface area contributed by atoms with Gasteiger partial charge in [0.05, 0.1) is 0 Å². The number of likely N-dealkylation sites (tertiary alicyclic amines) is 1. The first-order valence-corrected chi connectivity index (χ1v) is 6.43. The second-order valence-electron chi connectivity index (χ2n) is 5.02. The quantitative estimate of drug-likeness (QED) is 0.678. The number of hydrogen-bond acceptors (Lipinski definition) is 3. The first kappa shape index (κ1) is 15.3. The van der Waals surface area contributed by atoms with Gasteiger partial charge in [-0.1, -0.05) is 0 Å². The topological polar surface area (TPSA) is 98.7 Å². The summed E-state index contributed by atoms with van der Waals surface area (Å²) in [6.07, 6.45) is 1.12. The first-order chi connectivity index (χ1) is 8.82. The van der Waals surface area contributed by atoms with Crippen molar-refractivity contribution in [1.82, 2.24) is 15.5 Å². The van der Waals surface area contributed by atoms with Crippen LogP contribution in [0.25, 0.3) is 0 Å². The first-order valence-electron chi connectivity index (χ1n) is 6.43. The summed E-state index contributed by atoms with van der Waals surface area (Å²) in [5.41, 5.74) is 0. The minimum Gasteiger partial charge on any atom is -0.480 e. The van der Waals surface area contributed by atoms with E-state index in [1.165, 1.54) is 4.90 Å². The lowest BCUT2D eigenvalue weighted by molar-refractivity contribution is -0.141. The second kappa shape index (κ2) is 6.40. The molecule has 1 saturated heterocycles. The average Bonchev–Trinajstić information content (AvgIpc) is 2.76. The molecule has 7 nitrogen and oxygen atoms in total. The highest BCUT2D eigenvalue weighted by atomic mass is 16.4. The number of aliphatic carboxylic acids is 1. The van der Waals surface area contributed by atoms with Crippen LogP contribution in [0.15, 0.2) is 0 Å². The maximum absolute atomic E-state index is 11.9. The summed E-state index contributed by atoms with van der Waals surface area (Å²) in [5.74, 6) is -1.29. The zero-order valence-corrected chi connectivity index (χ0v) is 11.5. The molecule has 0 saturated carbocycles. The van der Waals surface area contributed by atoms with E-state index in [4.69, 9.17) is 5.11 Å². The zero-order valence-electron chi connectivity index (χ0n) is 11.5. The highest BCUT2D eigenvalue weighted by molar-refractivity contribution is 5.88. The highest BCUT2D eigenvalue weighted by Gasteiger charge is 2.34. The maximum atomic E-state index is 11.9. The predicted octanol–water partition coefficient (Wildman–Crippen LogP) is 0.158. The van der Waals surface area contributed by atoms with Gasteiger partial charge in [0, 0.05) is 12.6 Å². The fourth-order valence-electron chi connectivity index (χ4n) is 2.01. The predicted molar refractivity (Wildman–Crippen MR) is 68.6 cm³/mol. The number of amides is 3. The van der Waals surface area contributed by atoms with Crippen molar-refractivity contribution in [1.29, 1.82) is 0 Å². The van der Waals surface area contributed by atoms with Crippen molar-refractivity contribution in [3.8, 4) is 0 Å². The third-order valence-corrected chi connectivity index (χ3v) is 2.96. The summed E-state index contributed by atoms with van der Waals surface area (Å²) < 4.78 is 0. The molecule has 3 N–H and O–H groups in total. The monoisotopic (exact) mass is 271 g/mol. The number of nitrogens with zero attached hydrogens (tertiary/aromatic N) is 1. The lowest BCUT2D eigenvalue weighted by Crippen LogP contribution is -2.53. The van der Waals surface area contributed by atoms with E-state index in [2.05, 4.69) is 10.6 Å². The van der Waals surface area contributed by atoms with Gasteiger partial charge in [-0.3, -0.25) is 4.79 Å². The van der Waals surface area contributed by atoms with Gasteiger partial charge in [0.2, 0.25) is 5.91 Å². The molecule has 1 aliphatic heterocycles. The molecule has 3 amide bonds. The van der Waals surface area contributed by atoms with Crippen LogP contribution >= 0.6 is 0 Å². The fraction of sp³-hybridized carbons (Fsp3) is 0.750. The number of carbonyl (C=O) groups is 3. The Morgan fingerprint density at radius 3 is 2.37 bits per heavy atom. The van der Waals surface area contributed by atoms with E-state index < -0.39 is 24.1 Å². The molecule has 2 atom stereocenters. The molecule has 1 fully saturated rings. The standard InChI is InChI=1S/C12H21N3O4/c1-7(2)13-10(16)8(3)14-12(19)15-6-4-5-9(15)11(17)18/h7-9H,4-6H2,1-3H3,(H,13,16)(H,14,19)(H,17,18)/t8?,9-/m0/s1. The van der Waals surface area contributed by atoms with E-state index in [0.29, 0.717) is 19.4 Å². The molecule has 108 valence electrons. The molecule has 7 heteroatoms. The number of rotatable bonds is 4. The molecule has 0 radical (unpaired) electrons. The van der Waals surface area contributed by atoms with Gasteiger partial charge in [-0.05, 0) is 33.6 Å². The molecule has 19 heavy (non-hydrogen) atoms. The summed E-state index contributed by atoms with van der Waals surface area (Å²) >= 11 is 0. The van der Waals surface area contributed by atoms with Gasteiger partial charge in [0.25, 0.3) is 0 Å². The van der Waals surface area contributed by atoms with E-state index in [1.54, 1.807) is 6.92 Å². The Balaban J connectivity index is 2.54. The summed E-state index contributed by atoms with van der Waals surface area (Å²) in [7, 11) is 0. The van der Waals surface area contributed by atoms with Gasteiger partial charge in [0.15, 0.2) is 0 Å². The third kappa shape index (κ3) is 4.11. The van der Waals surface area contributed by atoms with Gasteiger partial charge < -0.3 is 20.6 Å². The largest absolute Gasteiger partial charge is 0.480 e. The minimum absolute atomic E-state index is 0.00888. The number of carboxylic acid groups (broad SMARTS) is 1. The molecule has 0 aromatic carbocycles. The van der Waals surface area contributed by atoms with Crippen LogP contribution in [0, 0.1) is 0 Å². The summed E-state index contributed by atoms with van der Waals surface area (Å²) in [4.78, 5) is 35.8. The van der Waals surface area contributed by atoms with Gasteiger partial charge in [-0.2, -0.15) is 0 Å². The minimum atomic E-state index is -1.01. The van der Waals surface area contributed by atoms with Crippen LogP contribution in [-0.2, 0) is 9.59 Å². The van der Waals surface area contributed by atoms with Crippen molar-refractivity contribution < 1.29 is 19.5 Å². The molecule has 0 aliphatic carbocycles. The molecule has 1 heterocycles. The molecule has 0 aromatic heterocycles. The molecular weight excluding hydrogens is 250 g/mol. The third-order valence-electron chi connectivity index (χ3n) is 2.96. The molecule has 1 rings (SSSR count). The Morgan fingerprint density at radius 1 is 1.21 bits per heavy atom. The van der Waals surface area contributed by atoms with Crippen LogP contribution in [0.2, 0.25) is 0 Å². The van der Waals surface area contributed by atoms with E-state index in [9.17, 15) is 14.4 Å². The van der Waals surface area contributed by atoms with Gasteiger partial charge >= 0.3 is 12.0 Å². The Labute approximate surface area is 112 Å². The molecule has 1 aliphatic rings. The fourth-order valence-corrected chi connectivity index (χ4v) is 2.01. The Bertz CT molecular complexity index is 370. The number of carbonyl (C=O) groups excluding carboxylic acids is 2.